The maximum atomic E-state index is 13.0. The van der Waals surface area contributed by atoms with Crippen molar-refractivity contribution in [3.63, 3.8) is 0 Å². The third-order valence-electron chi connectivity index (χ3n) is 6.85. The summed E-state index contributed by atoms with van der Waals surface area (Å²) in [6.45, 7) is 4.71. The Kier molecular flexibility index (Phi) is 8.39. The second-order valence-electron chi connectivity index (χ2n) is 9.02. The second kappa shape index (κ2) is 11.1. The molecule has 33 heavy (non-hydrogen) atoms. The predicted molar refractivity (Wildman–Crippen MR) is 141 cm³/mol. The van der Waals surface area contributed by atoms with Gasteiger partial charge in [0.2, 0.25) is 5.91 Å². The van der Waals surface area contributed by atoms with Gasteiger partial charge in [-0.25, -0.2) is 0 Å². The molecule has 0 bridgehead atoms. The molecule has 2 heterocycles. The number of amides is 1. The smallest absolute Gasteiger partial charge is 0.237 e. The number of pyridine rings is 1. The topological polar surface area (TPSA) is 62.5 Å². The Hall–Kier alpha value is -1.12. The van der Waals surface area contributed by atoms with Gasteiger partial charge in [-0.05, 0) is 70.1 Å². The van der Waals surface area contributed by atoms with E-state index in [4.69, 9.17) is 22.3 Å². The van der Waals surface area contributed by atoms with Gasteiger partial charge in [-0.2, -0.15) is 12.6 Å². The molecule has 0 spiro atoms. The van der Waals surface area contributed by atoms with E-state index in [9.17, 15) is 4.79 Å². The zero-order chi connectivity index (χ0) is 23.5. The summed E-state index contributed by atoms with van der Waals surface area (Å²) in [6.07, 6.45) is 6.93. The van der Waals surface area contributed by atoms with Gasteiger partial charge in [0.25, 0.3) is 0 Å². The van der Waals surface area contributed by atoms with E-state index < -0.39 is 5.25 Å². The largest absolute Gasteiger partial charge is 0.336 e. The molecule has 0 radical (unpaired) electrons. The molecule has 1 fully saturated rings. The highest BCUT2D eigenvalue weighted by Crippen LogP contribution is 2.39. The molecular weight excluding hydrogens is 520 g/mol. The minimum atomic E-state index is -0.443. The summed E-state index contributed by atoms with van der Waals surface area (Å²) in [6, 6.07) is 8.64. The molecule has 1 amide bonds. The number of carbonyl (C=O) groups is 1. The van der Waals surface area contributed by atoms with E-state index in [1.54, 1.807) is 0 Å². The van der Waals surface area contributed by atoms with Gasteiger partial charge in [-0.15, -0.1) is 0 Å². The van der Waals surface area contributed by atoms with Crippen LogP contribution in [0.25, 0.3) is 0 Å². The highest BCUT2D eigenvalue weighted by atomic mass is 79.9. The number of nitrogens with zero attached hydrogens (tertiary/aromatic N) is 3. The normalized spacial score (nSPS) is 21.8. The van der Waals surface area contributed by atoms with Crippen molar-refractivity contribution in [1.82, 2.24) is 14.8 Å². The first-order valence-corrected chi connectivity index (χ1v) is 13.5. The number of thiol groups is 1. The molecule has 178 valence electrons. The van der Waals surface area contributed by atoms with Gasteiger partial charge in [-0.3, -0.25) is 14.7 Å². The first kappa shape index (κ1) is 25.0. The van der Waals surface area contributed by atoms with Crippen molar-refractivity contribution in [2.75, 3.05) is 26.2 Å². The highest BCUT2D eigenvalue weighted by Gasteiger charge is 2.38. The van der Waals surface area contributed by atoms with E-state index in [1.807, 2.05) is 17.2 Å². The van der Waals surface area contributed by atoms with Crippen LogP contribution in [0.2, 0.25) is 5.02 Å². The maximum absolute atomic E-state index is 13.0. The zero-order valence-corrected chi connectivity index (χ0v) is 22.2. The fourth-order valence-corrected chi connectivity index (χ4v) is 5.89. The fourth-order valence-electron chi connectivity index (χ4n) is 5.17. The Labute approximate surface area is 215 Å². The van der Waals surface area contributed by atoms with Crippen LogP contribution in [0.1, 0.15) is 54.6 Å². The number of piperazine rings is 1. The number of fused-ring (bicyclic) bond motifs is 2. The average molecular weight is 552 g/mol. The lowest BCUT2D eigenvalue weighted by atomic mass is 9.94. The van der Waals surface area contributed by atoms with Crippen LogP contribution in [0.5, 0.6) is 0 Å². The van der Waals surface area contributed by atoms with Crippen molar-refractivity contribution < 1.29 is 4.79 Å². The van der Waals surface area contributed by atoms with Gasteiger partial charge in [-0.1, -0.05) is 37.4 Å². The van der Waals surface area contributed by atoms with Gasteiger partial charge in [0, 0.05) is 47.9 Å². The van der Waals surface area contributed by atoms with E-state index in [1.165, 1.54) is 16.7 Å². The minimum Gasteiger partial charge on any atom is -0.336 e. The SMILES string of the molecule is CCCCC1CN(C2c3ccc(Cl)cc3CCc3cc(Br)cnc32)CCN1C(=O)C(S)CN. The lowest BCUT2D eigenvalue weighted by molar-refractivity contribution is -0.136. The molecule has 1 aliphatic heterocycles. The second-order valence-corrected chi connectivity index (χ2v) is 11.0. The Bertz CT molecular complexity index is 953. The van der Waals surface area contributed by atoms with E-state index in [-0.39, 0.29) is 24.5 Å². The number of benzene rings is 1. The van der Waals surface area contributed by atoms with Crippen molar-refractivity contribution in [3.8, 4) is 0 Å². The number of nitrogens with two attached hydrogens (primary N) is 1. The Morgan fingerprint density at radius 2 is 2.09 bits per heavy atom. The van der Waals surface area contributed by atoms with Gasteiger partial charge in [0.05, 0.1) is 17.0 Å². The number of hydrogen-bond acceptors (Lipinski definition) is 5. The number of halogens is 2. The molecule has 2 N–H and O–H groups in total. The van der Waals surface area contributed by atoms with Crippen molar-refractivity contribution in [3.05, 3.63) is 62.3 Å². The van der Waals surface area contributed by atoms with Gasteiger partial charge in [0.15, 0.2) is 0 Å². The van der Waals surface area contributed by atoms with Crippen LogP contribution in [0.15, 0.2) is 34.9 Å². The van der Waals surface area contributed by atoms with E-state index in [2.05, 4.69) is 58.6 Å². The summed E-state index contributed by atoms with van der Waals surface area (Å²) in [7, 11) is 0. The molecule has 1 aromatic heterocycles. The molecule has 5 nitrogen and oxygen atoms in total. The van der Waals surface area contributed by atoms with Crippen molar-refractivity contribution >= 4 is 46.1 Å². The standard InChI is InChI=1S/C25H32BrClN4OS/c1-2-3-4-20-15-30(9-10-31(20)25(32)22(33)13-28)24-21-8-7-19(27)12-16(21)5-6-17-11-18(26)14-29-23(17)24/h7-8,11-12,14,20,22,24,33H,2-6,9-10,13,15,28H2,1H3. The molecule has 4 rings (SSSR count). The Morgan fingerprint density at radius 1 is 1.30 bits per heavy atom. The monoisotopic (exact) mass is 550 g/mol. The summed E-state index contributed by atoms with van der Waals surface area (Å²) in [5, 5.41) is 0.326. The Balaban J connectivity index is 1.71. The van der Waals surface area contributed by atoms with E-state index >= 15 is 0 Å². The molecule has 8 heteroatoms. The number of unbranched alkanes of at least 4 members (excludes halogenated alkanes) is 1. The number of hydrogen-bond donors (Lipinski definition) is 2. The van der Waals surface area contributed by atoms with Gasteiger partial charge < -0.3 is 10.6 Å². The molecule has 0 saturated carbocycles. The van der Waals surface area contributed by atoms with E-state index in [0.717, 1.165) is 60.4 Å². The van der Waals surface area contributed by atoms with Gasteiger partial charge in [0.1, 0.15) is 0 Å². The molecule has 3 unspecified atom stereocenters. The first-order chi connectivity index (χ1) is 15.9. The third kappa shape index (κ3) is 5.43. The summed E-state index contributed by atoms with van der Waals surface area (Å²) in [5.41, 5.74) is 10.7. The quantitative estimate of drug-likeness (QED) is 0.513. The summed E-state index contributed by atoms with van der Waals surface area (Å²) in [4.78, 5) is 22.5. The van der Waals surface area contributed by atoms with Crippen molar-refractivity contribution in [2.45, 2.75) is 56.4 Å². The van der Waals surface area contributed by atoms with Crippen molar-refractivity contribution in [1.29, 1.82) is 0 Å². The molecule has 2 aliphatic rings. The van der Waals surface area contributed by atoms with Crippen LogP contribution >= 0.6 is 40.2 Å². The zero-order valence-electron chi connectivity index (χ0n) is 19.0. The fraction of sp³-hybridized carbons (Fsp3) is 0.520. The molecule has 1 aromatic carbocycles. The van der Waals surface area contributed by atoms with Gasteiger partial charge >= 0.3 is 0 Å². The summed E-state index contributed by atoms with van der Waals surface area (Å²) in [5.74, 6) is 0.0529. The minimum absolute atomic E-state index is 0.0468. The van der Waals surface area contributed by atoms with Crippen LogP contribution in [-0.4, -0.2) is 58.2 Å². The number of aromatic nitrogens is 1. The Morgan fingerprint density at radius 3 is 2.85 bits per heavy atom. The lowest BCUT2D eigenvalue weighted by Gasteiger charge is -2.45. The molecule has 3 atom stereocenters. The van der Waals surface area contributed by atoms with Crippen LogP contribution in [0.4, 0.5) is 0 Å². The van der Waals surface area contributed by atoms with E-state index in [0.29, 0.717) is 6.54 Å². The number of aryl methyl sites for hydroxylation is 2. The predicted octanol–water partition coefficient (Wildman–Crippen LogP) is 4.65. The average Bonchev–Trinajstić information content (AvgIpc) is 2.97. The molecule has 2 aromatic rings. The highest BCUT2D eigenvalue weighted by molar-refractivity contribution is 9.10. The first-order valence-electron chi connectivity index (χ1n) is 11.8. The summed E-state index contributed by atoms with van der Waals surface area (Å²) >= 11 is 14.4. The lowest BCUT2D eigenvalue weighted by Crippen LogP contribution is -2.58. The summed E-state index contributed by atoms with van der Waals surface area (Å²) < 4.78 is 1.00. The maximum Gasteiger partial charge on any atom is 0.237 e. The molecule has 1 saturated heterocycles. The number of rotatable bonds is 6. The van der Waals surface area contributed by atoms with Crippen LogP contribution in [0, 0.1) is 0 Å². The third-order valence-corrected chi connectivity index (χ3v) is 7.95. The number of carbonyl (C=O) groups excluding carboxylic acids is 1. The molecule has 1 aliphatic carbocycles. The molecular formula is C25H32BrClN4OS. The van der Waals surface area contributed by atoms with Crippen LogP contribution < -0.4 is 5.73 Å². The van der Waals surface area contributed by atoms with Crippen LogP contribution in [0.3, 0.4) is 0 Å². The van der Waals surface area contributed by atoms with Crippen LogP contribution in [-0.2, 0) is 17.6 Å². The van der Waals surface area contributed by atoms with Crippen molar-refractivity contribution in [2.24, 2.45) is 5.73 Å².